The minimum atomic E-state index is -4.42. The number of benzene rings is 1. The molecule has 2 fully saturated rings. The van der Waals surface area contributed by atoms with E-state index < -0.39 is 27.8 Å². The van der Waals surface area contributed by atoms with Crippen molar-refractivity contribution in [3.05, 3.63) is 29.8 Å². The van der Waals surface area contributed by atoms with Crippen LogP contribution in [0.4, 0.5) is 23.7 Å². The number of nitrogens with one attached hydrogen (secondary N) is 2. The second kappa shape index (κ2) is 6.73. The van der Waals surface area contributed by atoms with Crippen LogP contribution in [-0.2, 0) is 16.2 Å². The van der Waals surface area contributed by atoms with Crippen LogP contribution >= 0.6 is 0 Å². The van der Waals surface area contributed by atoms with Gasteiger partial charge >= 0.3 is 12.2 Å². The smallest absolute Gasteiger partial charge is 0.335 e. The van der Waals surface area contributed by atoms with Gasteiger partial charge in [0.05, 0.1) is 11.8 Å². The number of rotatable bonds is 3. The molecule has 2 saturated heterocycles. The van der Waals surface area contributed by atoms with Gasteiger partial charge in [0.15, 0.2) is 0 Å². The summed E-state index contributed by atoms with van der Waals surface area (Å²) in [4.78, 5) is 12.1. The van der Waals surface area contributed by atoms with Gasteiger partial charge < -0.3 is 10.6 Å². The van der Waals surface area contributed by atoms with Gasteiger partial charge in [0, 0.05) is 23.8 Å². The van der Waals surface area contributed by atoms with Gasteiger partial charge in [-0.25, -0.2) is 13.2 Å². The van der Waals surface area contributed by atoms with Gasteiger partial charge in [-0.15, -0.1) is 0 Å². The number of alkyl halides is 3. The third kappa shape index (κ3) is 4.12. The summed E-state index contributed by atoms with van der Waals surface area (Å²) in [6, 6.07) is 3.29. The Morgan fingerprint density at radius 3 is 2.12 bits per heavy atom. The summed E-state index contributed by atoms with van der Waals surface area (Å²) in [6.07, 6.45) is -0.613. The highest BCUT2D eigenvalue weighted by Crippen LogP contribution is 2.37. The summed E-state index contributed by atoms with van der Waals surface area (Å²) in [7, 11) is -3.27. The van der Waals surface area contributed by atoms with Crippen LogP contribution < -0.4 is 10.6 Å². The molecule has 2 atom stereocenters. The molecule has 10 heteroatoms. The van der Waals surface area contributed by atoms with Gasteiger partial charge in [-0.1, -0.05) is 0 Å². The molecule has 0 aliphatic carbocycles. The van der Waals surface area contributed by atoms with Crippen LogP contribution in [0.3, 0.4) is 0 Å². The van der Waals surface area contributed by atoms with Crippen molar-refractivity contribution >= 4 is 21.7 Å². The largest absolute Gasteiger partial charge is 0.416 e. The van der Waals surface area contributed by atoms with E-state index >= 15 is 0 Å². The molecule has 144 valence electrons. The van der Waals surface area contributed by atoms with Crippen LogP contribution in [0.5, 0.6) is 0 Å². The average Bonchev–Trinajstić information content (AvgIpc) is 2.79. The summed E-state index contributed by atoms with van der Waals surface area (Å²) in [5, 5.41) is 5.30. The van der Waals surface area contributed by atoms with E-state index in [0.717, 1.165) is 25.0 Å². The van der Waals surface area contributed by atoms with Crippen LogP contribution in [0.25, 0.3) is 0 Å². The zero-order valence-electron chi connectivity index (χ0n) is 14.1. The van der Waals surface area contributed by atoms with E-state index in [0.29, 0.717) is 12.8 Å². The van der Waals surface area contributed by atoms with Crippen molar-refractivity contribution < 1.29 is 26.4 Å². The molecule has 0 aromatic heterocycles. The number of halogens is 3. The fourth-order valence-electron chi connectivity index (χ4n) is 3.89. The number of fused-ring (bicyclic) bond motifs is 2. The fourth-order valence-corrected chi connectivity index (χ4v) is 5.35. The Labute approximate surface area is 149 Å². The normalized spacial score (nSPS) is 26.5. The Balaban J connectivity index is 1.57. The van der Waals surface area contributed by atoms with Crippen molar-refractivity contribution in [2.24, 2.45) is 0 Å². The van der Waals surface area contributed by atoms with Crippen molar-refractivity contribution in [1.29, 1.82) is 0 Å². The second-order valence-electron chi connectivity index (χ2n) is 6.82. The van der Waals surface area contributed by atoms with Crippen LogP contribution in [0.2, 0.25) is 0 Å². The number of sulfonamides is 1. The standard InChI is InChI=1S/C16H20F3N3O3S/c1-26(24,25)22-13-6-7-14(22)9-12(8-13)21-15(23)20-11-4-2-10(3-5-11)16(17,18)19/h2-5,12-14H,6-9H2,1H3,(H2,20,21,23). The van der Waals surface area contributed by atoms with E-state index in [9.17, 15) is 26.4 Å². The topological polar surface area (TPSA) is 78.5 Å². The Morgan fingerprint density at radius 1 is 1.12 bits per heavy atom. The van der Waals surface area contributed by atoms with Crippen molar-refractivity contribution in [3.8, 4) is 0 Å². The lowest BCUT2D eigenvalue weighted by Crippen LogP contribution is -2.52. The van der Waals surface area contributed by atoms with Gasteiger partial charge in [-0.2, -0.15) is 17.5 Å². The predicted octanol–water partition coefficient (Wildman–Crippen LogP) is 2.78. The number of nitrogens with zero attached hydrogens (tertiary/aromatic N) is 1. The van der Waals surface area contributed by atoms with E-state index in [-0.39, 0.29) is 23.8 Å². The molecule has 6 nitrogen and oxygen atoms in total. The molecule has 2 N–H and O–H groups in total. The molecule has 1 aromatic carbocycles. The third-order valence-corrected chi connectivity index (χ3v) is 6.22. The highest BCUT2D eigenvalue weighted by molar-refractivity contribution is 7.88. The Kier molecular flexibility index (Phi) is 4.91. The molecule has 2 aliphatic heterocycles. The number of carbonyl (C=O) groups is 1. The van der Waals surface area contributed by atoms with Gasteiger partial charge in [-0.05, 0) is 49.9 Å². The number of piperidine rings is 1. The summed E-state index contributed by atoms with van der Waals surface area (Å²) in [5.74, 6) is 0. The lowest BCUT2D eigenvalue weighted by atomic mass is 10.00. The van der Waals surface area contributed by atoms with Crippen molar-refractivity contribution in [1.82, 2.24) is 9.62 Å². The van der Waals surface area contributed by atoms with Crippen molar-refractivity contribution in [2.45, 2.75) is 50.0 Å². The molecule has 2 bridgehead atoms. The van der Waals surface area contributed by atoms with Gasteiger partial charge in [0.1, 0.15) is 0 Å². The lowest BCUT2D eigenvalue weighted by molar-refractivity contribution is -0.137. The summed E-state index contributed by atoms with van der Waals surface area (Å²) in [5.41, 5.74) is -0.528. The number of urea groups is 1. The first kappa shape index (κ1) is 19.0. The number of amides is 2. The van der Waals surface area contributed by atoms with E-state index in [1.807, 2.05) is 0 Å². The minimum absolute atomic E-state index is 0.111. The van der Waals surface area contributed by atoms with E-state index in [4.69, 9.17) is 0 Å². The molecular weight excluding hydrogens is 371 g/mol. The zero-order valence-corrected chi connectivity index (χ0v) is 14.9. The number of hydrogen-bond acceptors (Lipinski definition) is 3. The SMILES string of the molecule is CS(=O)(=O)N1C2CCC1CC(NC(=O)Nc1ccc(C(F)(F)F)cc1)C2. The average molecular weight is 391 g/mol. The van der Waals surface area contributed by atoms with Crippen LogP contribution in [-0.4, -0.2) is 43.1 Å². The van der Waals surface area contributed by atoms with Crippen LogP contribution in [0.1, 0.15) is 31.2 Å². The molecule has 0 radical (unpaired) electrons. The van der Waals surface area contributed by atoms with E-state index in [2.05, 4.69) is 10.6 Å². The maximum absolute atomic E-state index is 12.5. The first-order valence-electron chi connectivity index (χ1n) is 8.27. The molecule has 26 heavy (non-hydrogen) atoms. The maximum Gasteiger partial charge on any atom is 0.416 e. The molecule has 2 heterocycles. The zero-order chi connectivity index (χ0) is 19.1. The highest BCUT2D eigenvalue weighted by Gasteiger charge is 2.45. The number of hydrogen-bond donors (Lipinski definition) is 2. The fraction of sp³-hybridized carbons (Fsp3) is 0.562. The molecule has 2 aliphatic rings. The summed E-state index contributed by atoms with van der Waals surface area (Å²) in [6.45, 7) is 0. The van der Waals surface area contributed by atoms with Crippen LogP contribution in [0.15, 0.2) is 24.3 Å². The monoisotopic (exact) mass is 391 g/mol. The molecule has 2 amide bonds. The van der Waals surface area contributed by atoms with Gasteiger partial charge in [0.2, 0.25) is 10.0 Å². The molecule has 1 aromatic rings. The first-order chi connectivity index (χ1) is 12.0. The third-order valence-electron chi connectivity index (χ3n) is 4.85. The summed E-state index contributed by atoms with van der Waals surface area (Å²) >= 11 is 0. The van der Waals surface area contributed by atoms with E-state index in [1.54, 1.807) is 4.31 Å². The molecule has 0 saturated carbocycles. The quantitative estimate of drug-likeness (QED) is 0.832. The molecule has 0 spiro atoms. The number of carbonyl (C=O) groups excluding carboxylic acids is 1. The number of anilines is 1. The Hall–Kier alpha value is -1.81. The highest BCUT2D eigenvalue weighted by atomic mass is 32.2. The van der Waals surface area contributed by atoms with Crippen LogP contribution in [0, 0.1) is 0 Å². The minimum Gasteiger partial charge on any atom is -0.335 e. The van der Waals surface area contributed by atoms with E-state index in [1.165, 1.54) is 18.4 Å². The Bertz CT molecular complexity index is 766. The second-order valence-corrected chi connectivity index (χ2v) is 8.71. The van der Waals surface area contributed by atoms with Gasteiger partial charge in [-0.3, -0.25) is 0 Å². The van der Waals surface area contributed by atoms with Gasteiger partial charge in [0.25, 0.3) is 0 Å². The Morgan fingerprint density at radius 2 is 1.65 bits per heavy atom. The molecule has 2 unspecified atom stereocenters. The predicted molar refractivity (Wildman–Crippen MR) is 90.1 cm³/mol. The summed E-state index contributed by atoms with van der Waals surface area (Å²) < 4.78 is 62.9. The van der Waals surface area contributed by atoms with Crippen molar-refractivity contribution in [3.63, 3.8) is 0 Å². The molecule has 3 rings (SSSR count). The molecular formula is C16H20F3N3O3S. The lowest BCUT2D eigenvalue weighted by Gasteiger charge is -2.37. The maximum atomic E-state index is 12.5. The first-order valence-corrected chi connectivity index (χ1v) is 10.1. The van der Waals surface area contributed by atoms with Crippen molar-refractivity contribution in [2.75, 3.05) is 11.6 Å².